The molecule has 2 aliphatic rings. The van der Waals surface area contributed by atoms with Gasteiger partial charge < -0.3 is 64.2 Å². The molecule has 0 radical (unpaired) electrons. The van der Waals surface area contributed by atoms with Gasteiger partial charge in [-0.3, -0.25) is 38.6 Å². The first-order valence-corrected chi connectivity index (χ1v) is 19.7. The Morgan fingerprint density at radius 3 is 1.83 bits per heavy atom. The summed E-state index contributed by atoms with van der Waals surface area (Å²) < 4.78 is 0. The summed E-state index contributed by atoms with van der Waals surface area (Å²) in [7, 11) is 0. The zero-order valence-electron chi connectivity index (χ0n) is 33.7. The van der Waals surface area contributed by atoms with E-state index in [2.05, 4.69) is 26.3 Å². The second-order valence-corrected chi connectivity index (χ2v) is 15.2. The number of guanidine groups is 1. The van der Waals surface area contributed by atoms with E-state index in [-0.39, 0.29) is 82.2 Å². The highest BCUT2D eigenvalue weighted by Gasteiger charge is 2.43. The predicted molar refractivity (Wildman–Crippen MR) is 213 cm³/mol. The number of aliphatic carboxylic acids is 1. The lowest BCUT2D eigenvalue weighted by Crippen LogP contribution is -2.60. The van der Waals surface area contributed by atoms with Gasteiger partial charge in [-0.25, -0.2) is 4.79 Å². The normalized spacial score (nSPS) is 18.8. The number of nitrogens with zero attached hydrogens (tertiary/aromatic N) is 3. The smallest absolute Gasteiger partial charge is 0.326 e. The Morgan fingerprint density at radius 1 is 0.763 bits per heavy atom. The molecule has 1 aromatic rings. The van der Waals surface area contributed by atoms with Gasteiger partial charge in [-0.05, 0) is 75.5 Å². The molecule has 21 heteroatoms. The van der Waals surface area contributed by atoms with Gasteiger partial charge in [0.1, 0.15) is 42.0 Å². The summed E-state index contributed by atoms with van der Waals surface area (Å²) in [4.78, 5) is 112. The molecule has 326 valence electrons. The molecule has 0 saturated carbocycles. The SMILES string of the molecule is CC(N)C(=O)NC(C(=O)N1CCCC1C(=O)NC(Cc1ccc(O)cc1)C(=O)N1CCCC1C(=O)NC(CCC(N)=O)C(=O)NC(CCCN=C(N)N)C(=O)O)C(C)C. The molecule has 0 aromatic heterocycles. The minimum atomic E-state index is -1.40. The summed E-state index contributed by atoms with van der Waals surface area (Å²) in [5, 5.41) is 30.0. The molecule has 2 heterocycles. The lowest BCUT2D eigenvalue weighted by Gasteiger charge is -2.33. The summed E-state index contributed by atoms with van der Waals surface area (Å²) >= 11 is 0. The van der Waals surface area contributed by atoms with Crippen molar-refractivity contribution in [1.82, 2.24) is 31.1 Å². The predicted octanol–water partition coefficient (Wildman–Crippen LogP) is -2.74. The molecule has 2 fully saturated rings. The lowest BCUT2D eigenvalue weighted by atomic mass is 10.0. The number of rotatable bonds is 21. The Balaban J connectivity index is 1.84. The van der Waals surface area contributed by atoms with Crippen LogP contribution in [0.25, 0.3) is 0 Å². The number of amides is 7. The number of nitrogens with one attached hydrogen (secondary N) is 4. The van der Waals surface area contributed by atoms with Crippen molar-refractivity contribution in [1.29, 1.82) is 0 Å². The number of carboxylic acid groups (broad SMARTS) is 1. The number of aliphatic imine (C=N–C) groups is 1. The fraction of sp³-hybridized carbons (Fsp3) is 0.605. The average Bonchev–Trinajstić information content (AvgIpc) is 3.87. The Hall–Kier alpha value is -5.99. The van der Waals surface area contributed by atoms with E-state index in [9.17, 15) is 48.6 Å². The van der Waals surface area contributed by atoms with Gasteiger partial charge in [0, 0.05) is 32.5 Å². The van der Waals surface area contributed by atoms with Crippen LogP contribution in [0.4, 0.5) is 0 Å². The summed E-state index contributed by atoms with van der Waals surface area (Å²) in [6, 6.07) is -1.98. The quantitative estimate of drug-likeness (QED) is 0.0342. The van der Waals surface area contributed by atoms with Crippen LogP contribution in [0, 0.1) is 5.92 Å². The van der Waals surface area contributed by atoms with Crippen molar-refractivity contribution in [2.45, 2.75) is 121 Å². The Bertz CT molecular complexity index is 1720. The van der Waals surface area contributed by atoms with Crippen molar-refractivity contribution in [2.24, 2.45) is 33.8 Å². The van der Waals surface area contributed by atoms with Crippen LogP contribution in [-0.2, 0) is 44.8 Å². The van der Waals surface area contributed by atoms with E-state index in [4.69, 9.17) is 22.9 Å². The van der Waals surface area contributed by atoms with Crippen molar-refractivity contribution in [3.05, 3.63) is 29.8 Å². The fourth-order valence-electron chi connectivity index (χ4n) is 6.98. The van der Waals surface area contributed by atoms with Gasteiger partial charge in [-0.1, -0.05) is 26.0 Å². The van der Waals surface area contributed by atoms with E-state index < -0.39 is 89.6 Å². The second-order valence-electron chi connectivity index (χ2n) is 15.2. The van der Waals surface area contributed by atoms with Crippen LogP contribution in [0.5, 0.6) is 5.75 Å². The summed E-state index contributed by atoms with van der Waals surface area (Å²) in [6.07, 6.45) is 0.826. The lowest BCUT2D eigenvalue weighted by molar-refractivity contribution is -0.145. The minimum absolute atomic E-state index is 0.0246. The number of likely N-dealkylation sites (tertiary alicyclic amines) is 2. The number of phenols is 1. The molecular weight excluding hydrogens is 770 g/mol. The molecule has 2 saturated heterocycles. The van der Waals surface area contributed by atoms with Crippen LogP contribution < -0.4 is 44.2 Å². The highest BCUT2D eigenvalue weighted by Crippen LogP contribution is 2.24. The molecule has 59 heavy (non-hydrogen) atoms. The van der Waals surface area contributed by atoms with E-state index in [0.717, 1.165) is 0 Å². The number of carbonyl (C=O) groups excluding carboxylic acids is 7. The average molecular weight is 830 g/mol. The zero-order chi connectivity index (χ0) is 44.0. The minimum Gasteiger partial charge on any atom is -0.508 e. The Kier molecular flexibility index (Phi) is 17.9. The van der Waals surface area contributed by atoms with Crippen LogP contribution in [0.1, 0.15) is 77.7 Å². The van der Waals surface area contributed by atoms with Gasteiger partial charge in [0.15, 0.2) is 5.96 Å². The van der Waals surface area contributed by atoms with E-state index in [0.29, 0.717) is 18.4 Å². The standard InChI is InChI=1S/C38H59N11O10/c1-20(2)30(47-31(52)21(3)39)36(57)49-18-6-9-28(49)34(55)46-26(19-22-10-12-23(50)13-11-22)35(56)48-17-5-8-27(48)33(54)44-24(14-15-29(40)51)32(53)45-25(37(58)59)7-4-16-43-38(41)42/h10-13,20-21,24-28,30,50H,4-9,14-19,39H2,1-3H3,(H2,40,51)(H,44,54)(H,45,53)(H,46,55)(H,47,52)(H,58,59)(H4,41,42,43). The largest absolute Gasteiger partial charge is 0.508 e. The third-order valence-electron chi connectivity index (χ3n) is 10.2. The van der Waals surface area contributed by atoms with Gasteiger partial charge >= 0.3 is 5.97 Å². The molecule has 2 aliphatic heterocycles. The van der Waals surface area contributed by atoms with E-state index in [1.54, 1.807) is 26.0 Å². The highest BCUT2D eigenvalue weighted by molar-refractivity contribution is 5.97. The molecule has 7 unspecified atom stereocenters. The number of carbonyl (C=O) groups is 8. The van der Waals surface area contributed by atoms with Crippen LogP contribution in [0.15, 0.2) is 29.3 Å². The zero-order valence-corrected chi connectivity index (χ0v) is 33.7. The van der Waals surface area contributed by atoms with E-state index in [1.165, 1.54) is 28.9 Å². The van der Waals surface area contributed by atoms with Crippen LogP contribution in [0.3, 0.4) is 0 Å². The number of hydrogen-bond acceptors (Lipinski definition) is 11. The third-order valence-corrected chi connectivity index (χ3v) is 10.2. The van der Waals surface area contributed by atoms with Crippen molar-refractivity contribution >= 4 is 53.3 Å². The number of hydrogen-bond donors (Lipinski definition) is 10. The number of benzene rings is 1. The first-order valence-electron chi connectivity index (χ1n) is 19.7. The molecule has 14 N–H and O–H groups in total. The number of primary amides is 1. The Morgan fingerprint density at radius 2 is 1.32 bits per heavy atom. The molecule has 21 nitrogen and oxygen atoms in total. The Labute approximate surface area is 342 Å². The number of carboxylic acids is 1. The third kappa shape index (κ3) is 14.1. The van der Waals surface area contributed by atoms with Crippen LogP contribution >= 0.6 is 0 Å². The van der Waals surface area contributed by atoms with Crippen LogP contribution in [0.2, 0.25) is 0 Å². The first-order chi connectivity index (χ1) is 27.8. The fourth-order valence-corrected chi connectivity index (χ4v) is 6.98. The molecule has 7 atom stereocenters. The maximum atomic E-state index is 14.4. The number of aromatic hydroxyl groups is 1. The molecule has 7 amide bonds. The number of phenolic OH excluding ortho intramolecular Hbond substituents is 1. The van der Waals surface area contributed by atoms with E-state index >= 15 is 0 Å². The van der Waals surface area contributed by atoms with Crippen molar-refractivity contribution in [2.75, 3.05) is 19.6 Å². The summed E-state index contributed by atoms with van der Waals surface area (Å²) in [5.41, 5.74) is 22.2. The summed E-state index contributed by atoms with van der Waals surface area (Å²) in [5.74, 6) is -6.56. The van der Waals surface area contributed by atoms with Gasteiger partial charge in [0.25, 0.3) is 0 Å². The van der Waals surface area contributed by atoms with Gasteiger partial charge in [-0.2, -0.15) is 0 Å². The monoisotopic (exact) mass is 829 g/mol. The molecule has 3 rings (SSSR count). The first kappa shape index (κ1) is 47.4. The highest BCUT2D eigenvalue weighted by atomic mass is 16.4. The molecule has 1 aromatic carbocycles. The van der Waals surface area contributed by atoms with Gasteiger partial charge in [-0.15, -0.1) is 0 Å². The maximum Gasteiger partial charge on any atom is 0.326 e. The topological polar surface area (TPSA) is 348 Å². The van der Waals surface area contributed by atoms with E-state index in [1.807, 2.05) is 0 Å². The number of nitrogens with two attached hydrogens (primary N) is 4. The molecule has 0 aliphatic carbocycles. The molecular formula is C38H59N11O10. The van der Waals surface area contributed by atoms with Crippen molar-refractivity contribution in [3.63, 3.8) is 0 Å². The maximum absolute atomic E-state index is 14.4. The molecule has 0 bridgehead atoms. The van der Waals surface area contributed by atoms with Crippen molar-refractivity contribution in [3.8, 4) is 5.75 Å². The second kappa shape index (κ2) is 22.2. The van der Waals surface area contributed by atoms with Crippen LogP contribution in [-0.4, -0.2) is 135 Å². The van der Waals surface area contributed by atoms with Crippen molar-refractivity contribution < 1.29 is 48.6 Å². The van der Waals surface area contributed by atoms with Gasteiger partial charge in [0.2, 0.25) is 41.4 Å². The summed E-state index contributed by atoms with van der Waals surface area (Å²) in [6.45, 7) is 5.44. The van der Waals surface area contributed by atoms with Gasteiger partial charge in [0.05, 0.1) is 6.04 Å². The molecule has 0 spiro atoms.